The van der Waals surface area contributed by atoms with E-state index < -0.39 is 23.6 Å². The number of hydrogen-bond donors (Lipinski definition) is 3. The lowest BCUT2D eigenvalue weighted by atomic mass is 10.1. The summed E-state index contributed by atoms with van der Waals surface area (Å²) in [6.07, 6.45) is -3.26. The molecule has 0 unspecified atom stereocenters. The molecule has 0 fully saturated rings. The first-order chi connectivity index (χ1) is 16.7. The average molecular weight is 505 g/mol. The number of alkyl halides is 3. The van der Waals surface area contributed by atoms with Gasteiger partial charge in [-0.05, 0) is 72.3 Å². The summed E-state index contributed by atoms with van der Waals surface area (Å²) < 4.78 is 44.1. The highest BCUT2D eigenvalue weighted by atomic mass is 35.5. The molecule has 0 radical (unpaired) electrons. The van der Waals surface area contributed by atoms with Crippen LogP contribution in [0.1, 0.15) is 21.5 Å². The second-order valence-corrected chi connectivity index (χ2v) is 7.63. The van der Waals surface area contributed by atoms with Gasteiger partial charge in [-0.25, -0.2) is 0 Å². The summed E-state index contributed by atoms with van der Waals surface area (Å²) in [7, 11) is 0. The van der Waals surface area contributed by atoms with Gasteiger partial charge in [0, 0.05) is 17.1 Å². The van der Waals surface area contributed by atoms with Crippen molar-refractivity contribution in [2.75, 3.05) is 13.2 Å². The maximum atomic E-state index is 12.8. The second kappa shape index (κ2) is 11.5. The van der Waals surface area contributed by atoms with E-state index in [1.807, 2.05) is 0 Å². The number of ether oxygens (including phenoxy) is 1. The van der Waals surface area contributed by atoms with E-state index >= 15 is 0 Å². The number of amides is 2. The molecule has 0 aromatic heterocycles. The lowest BCUT2D eigenvalue weighted by Crippen LogP contribution is -2.36. The van der Waals surface area contributed by atoms with Crippen LogP contribution >= 0.6 is 11.6 Å². The van der Waals surface area contributed by atoms with Crippen molar-refractivity contribution in [2.24, 2.45) is 0 Å². The van der Waals surface area contributed by atoms with Gasteiger partial charge in [-0.2, -0.15) is 13.2 Å². The van der Waals surface area contributed by atoms with Gasteiger partial charge in [-0.3, -0.25) is 9.59 Å². The average Bonchev–Trinajstić information content (AvgIpc) is 2.83. The van der Waals surface area contributed by atoms with Gasteiger partial charge in [-0.15, -0.1) is 0 Å². The molecule has 0 saturated heterocycles. The van der Waals surface area contributed by atoms with Crippen molar-refractivity contribution in [2.45, 2.75) is 6.18 Å². The molecule has 0 aliphatic rings. The molecule has 0 aliphatic heterocycles. The zero-order chi connectivity index (χ0) is 25.4. The minimum Gasteiger partial charge on any atom is -0.457 e. The summed E-state index contributed by atoms with van der Waals surface area (Å²) in [6.45, 7) is -0.405. The molecule has 0 bridgehead atoms. The Morgan fingerprint density at radius 3 is 2.03 bits per heavy atom. The number of hydrogen-bond acceptors (Lipinski definition) is 4. The number of rotatable bonds is 8. The fourth-order valence-corrected chi connectivity index (χ4v) is 2.99. The Balaban J connectivity index is 1.76. The lowest BCUT2D eigenvalue weighted by molar-refractivity contribution is -0.137. The van der Waals surface area contributed by atoms with Crippen LogP contribution in [0.5, 0.6) is 11.5 Å². The minimum absolute atomic E-state index is 0.0736. The molecule has 0 spiro atoms. The Labute approximate surface area is 204 Å². The second-order valence-electron chi connectivity index (χ2n) is 7.19. The van der Waals surface area contributed by atoms with Crippen LogP contribution in [0.4, 0.5) is 13.2 Å². The normalized spacial score (nSPS) is 11.6. The van der Waals surface area contributed by atoms with E-state index in [4.69, 9.17) is 21.4 Å². The first-order valence-electron chi connectivity index (χ1n) is 10.3. The van der Waals surface area contributed by atoms with Crippen LogP contribution in [0.25, 0.3) is 6.08 Å². The number of aliphatic hydroxyl groups excluding tert-OH is 1. The number of carbonyl (C=O) groups excluding carboxylic acids is 2. The predicted molar refractivity (Wildman–Crippen MR) is 125 cm³/mol. The van der Waals surface area contributed by atoms with Gasteiger partial charge in [0.1, 0.15) is 17.2 Å². The third-order valence-electron chi connectivity index (χ3n) is 4.61. The summed E-state index contributed by atoms with van der Waals surface area (Å²) in [4.78, 5) is 25.2. The largest absolute Gasteiger partial charge is 0.457 e. The molecule has 2 amide bonds. The standard InChI is InChI=1S/C25H20ClF3N2O4/c26-19-7-11-21(12-8-19)35-20-9-3-17(4-10-20)23(33)31-22(24(34)30-13-14-32)15-16-1-5-18(6-2-16)25(27,28)29/h1-12,15,32H,13-14H2,(H,30,34)(H,31,33)/b22-15+. The molecular weight excluding hydrogens is 485 g/mol. The SMILES string of the molecule is O=C(NCCO)/C(=C\c1ccc(C(F)(F)F)cc1)NC(=O)c1ccc(Oc2ccc(Cl)cc2)cc1. The van der Waals surface area contributed by atoms with Crippen molar-refractivity contribution in [3.05, 3.63) is 100 Å². The Kier molecular flexibility index (Phi) is 8.51. The van der Waals surface area contributed by atoms with Gasteiger partial charge in [0.15, 0.2) is 0 Å². The molecule has 10 heteroatoms. The first kappa shape index (κ1) is 25.8. The summed E-state index contributed by atoms with van der Waals surface area (Å²) in [6, 6.07) is 16.9. The maximum Gasteiger partial charge on any atom is 0.416 e. The summed E-state index contributed by atoms with van der Waals surface area (Å²) in [5.41, 5.74) is -0.573. The molecule has 3 N–H and O–H groups in total. The van der Waals surface area contributed by atoms with Crippen molar-refractivity contribution < 1.29 is 32.6 Å². The van der Waals surface area contributed by atoms with E-state index in [0.29, 0.717) is 16.5 Å². The smallest absolute Gasteiger partial charge is 0.416 e. The van der Waals surface area contributed by atoms with Crippen LogP contribution < -0.4 is 15.4 Å². The molecule has 0 atom stereocenters. The van der Waals surface area contributed by atoms with Crippen LogP contribution in [0, 0.1) is 0 Å². The fourth-order valence-electron chi connectivity index (χ4n) is 2.87. The number of carbonyl (C=O) groups is 2. The van der Waals surface area contributed by atoms with Crippen molar-refractivity contribution in [3.63, 3.8) is 0 Å². The Bertz CT molecular complexity index is 1190. The molecule has 182 valence electrons. The molecule has 3 aromatic carbocycles. The Hall–Kier alpha value is -3.82. The van der Waals surface area contributed by atoms with E-state index in [9.17, 15) is 22.8 Å². The summed E-state index contributed by atoms with van der Waals surface area (Å²) >= 11 is 5.85. The number of halogens is 4. The van der Waals surface area contributed by atoms with Gasteiger partial charge in [0.25, 0.3) is 11.8 Å². The molecule has 35 heavy (non-hydrogen) atoms. The zero-order valence-electron chi connectivity index (χ0n) is 18.1. The first-order valence-corrected chi connectivity index (χ1v) is 10.7. The predicted octanol–water partition coefficient (Wildman–Crippen LogP) is 5.03. The van der Waals surface area contributed by atoms with E-state index in [0.717, 1.165) is 12.1 Å². The van der Waals surface area contributed by atoms with Crippen LogP contribution in [0.3, 0.4) is 0 Å². The molecule has 0 aliphatic carbocycles. The van der Waals surface area contributed by atoms with E-state index in [2.05, 4.69) is 10.6 Å². The molecule has 0 heterocycles. The molecule has 0 saturated carbocycles. The van der Waals surface area contributed by atoms with Crippen LogP contribution in [-0.4, -0.2) is 30.1 Å². The quantitative estimate of drug-likeness (QED) is 0.375. The number of aliphatic hydroxyl groups is 1. The van der Waals surface area contributed by atoms with Crippen LogP contribution in [-0.2, 0) is 11.0 Å². The van der Waals surface area contributed by atoms with Gasteiger partial charge < -0.3 is 20.5 Å². The molecule has 3 rings (SSSR count). The van der Waals surface area contributed by atoms with Crippen molar-refractivity contribution >= 4 is 29.5 Å². The topological polar surface area (TPSA) is 87.7 Å². The molecular formula is C25H20ClF3N2O4. The highest BCUT2D eigenvalue weighted by molar-refractivity contribution is 6.30. The third kappa shape index (κ3) is 7.59. The lowest BCUT2D eigenvalue weighted by Gasteiger charge is -2.12. The molecule has 6 nitrogen and oxygen atoms in total. The monoisotopic (exact) mass is 504 g/mol. The van der Waals surface area contributed by atoms with E-state index in [1.54, 1.807) is 36.4 Å². The maximum absolute atomic E-state index is 12.8. The fraction of sp³-hybridized carbons (Fsp3) is 0.120. The van der Waals surface area contributed by atoms with Gasteiger partial charge in [-0.1, -0.05) is 23.7 Å². The summed E-state index contributed by atoms with van der Waals surface area (Å²) in [5, 5.41) is 14.4. The van der Waals surface area contributed by atoms with Crippen molar-refractivity contribution in [1.29, 1.82) is 0 Å². The van der Waals surface area contributed by atoms with Crippen molar-refractivity contribution in [1.82, 2.24) is 10.6 Å². The highest BCUT2D eigenvalue weighted by Crippen LogP contribution is 2.29. The van der Waals surface area contributed by atoms with Crippen LogP contribution in [0.15, 0.2) is 78.5 Å². The van der Waals surface area contributed by atoms with E-state index in [1.165, 1.54) is 30.3 Å². The number of nitrogens with one attached hydrogen (secondary N) is 2. The van der Waals surface area contributed by atoms with Gasteiger partial charge in [0.2, 0.25) is 0 Å². The van der Waals surface area contributed by atoms with Gasteiger partial charge >= 0.3 is 6.18 Å². The number of benzene rings is 3. The Morgan fingerprint density at radius 1 is 0.914 bits per heavy atom. The molecule has 3 aromatic rings. The van der Waals surface area contributed by atoms with Gasteiger partial charge in [0.05, 0.1) is 12.2 Å². The van der Waals surface area contributed by atoms with Crippen LogP contribution in [0.2, 0.25) is 5.02 Å². The highest BCUT2D eigenvalue weighted by Gasteiger charge is 2.29. The Morgan fingerprint density at radius 2 is 1.49 bits per heavy atom. The zero-order valence-corrected chi connectivity index (χ0v) is 18.9. The minimum atomic E-state index is -4.50. The third-order valence-corrected chi connectivity index (χ3v) is 4.86. The van der Waals surface area contributed by atoms with E-state index in [-0.39, 0.29) is 30.0 Å². The van der Waals surface area contributed by atoms with Crippen molar-refractivity contribution in [3.8, 4) is 11.5 Å². The summed E-state index contributed by atoms with van der Waals surface area (Å²) in [5.74, 6) is -0.325.